The molecule has 1 aliphatic rings. The summed E-state index contributed by atoms with van der Waals surface area (Å²) in [4.78, 5) is 15.8. The summed E-state index contributed by atoms with van der Waals surface area (Å²) in [6.07, 6.45) is 1.53. The maximum absolute atomic E-state index is 10.9. The van der Waals surface area contributed by atoms with Gasteiger partial charge in [0, 0.05) is 6.42 Å². The average Bonchev–Trinajstić information content (AvgIpc) is 2.35. The van der Waals surface area contributed by atoms with E-state index in [-0.39, 0.29) is 5.78 Å². The molecule has 0 saturated heterocycles. The SMILES string of the molecule is O=C1CCc2ncsc21. The van der Waals surface area contributed by atoms with Gasteiger partial charge in [-0.3, -0.25) is 4.79 Å². The molecule has 0 aromatic carbocycles. The topological polar surface area (TPSA) is 30.0 Å². The van der Waals surface area contributed by atoms with E-state index in [1.165, 1.54) is 11.3 Å². The molecule has 1 aliphatic carbocycles. The number of Topliss-reactive ketones (excluding diaryl/α,β-unsaturated/α-hetero) is 1. The van der Waals surface area contributed by atoms with E-state index >= 15 is 0 Å². The number of carbonyl (C=O) groups excluding carboxylic acids is 1. The third kappa shape index (κ3) is 0.612. The van der Waals surface area contributed by atoms with Crippen LogP contribution in [0, 0.1) is 0 Å². The van der Waals surface area contributed by atoms with Gasteiger partial charge in [0.05, 0.1) is 16.1 Å². The Balaban J connectivity index is 2.61. The summed E-state index contributed by atoms with van der Waals surface area (Å²) in [6.45, 7) is 0. The lowest BCUT2D eigenvalue weighted by Crippen LogP contribution is -1.84. The molecule has 0 amide bonds. The fourth-order valence-electron chi connectivity index (χ4n) is 1.02. The fraction of sp³-hybridized carbons (Fsp3) is 0.333. The maximum Gasteiger partial charge on any atom is 0.175 e. The van der Waals surface area contributed by atoms with E-state index in [0.717, 1.165) is 17.0 Å². The first-order valence-corrected chi connectivity index (χ1v) is 3.71. The summed E-state index contributed by atoms with van der Waals surface area (Å²) < 4.78 is 0. The number of hydrogen-bond acceptors (Lipinski definition) is 3. The normalized spacial score (nSPS) is 16.2. The van der Waals surface area contributed by atoms with E-state index in [4.69, 9.17) is 0 Å². The third-order valence-corrected chi connectivity index (χ3v) is 2.39. The van der Waals surface area contributed by atoms with Gasteiger partial charge in [0.2, 0.25) is 0 Å². The Kier molecular flexibility index (Phi) is 0.931. The number of ketones is 1. The molecule has 0 N–H and O–H groups in total. The quantitative estimate of drug-likeness (QED) is 0.541. The Morgan fingerprint density at radius 1 is 1.56 bits per heavy atom. The predicted octanol–water partition coefficient (Wildman–Crippen LogP) is 1.27. The number of carbonyl (C=O) groups is 1. The van der Waals surface area contributed by atoms with Crippen molar-refractivity contribution in [3.63, 3.8) is 0 Å². The number of hydrogen-bond donors (Lipinski definition) is 0. The highest BCUT2D eigenvalue weighted by molar-refractivity contribution is 7.12. The monoisotopic (exact) mass is 139 g/mol. The number of rotatable bonds is 0. The molecule has 0 atom stereocenters. The highest BCUT2D eigenvalue weighted by Gasteiger charge is 2.21. The third-order valence-electron chi connectivity index (χ3n) is 1.48. The number of fused-ring (bicyclic) bond motifs is 1. The minimum Gasteiger partial charge on any atom is -0.293 e. The van der Waals surface area contributed by atoms with Gasteiger partial charge in [-0.25, -0.2) is 4.98 Å². The van der Waals surface area contributed by atoms with Gasteiger partial charge in [-0.2, -0.15) is 0 Å². The van der Waals surface area contributed by atoms with Crippen molar-refractivity contribution in [1.82, 2.24) is 4.98 Å². The highest BCUT2D eigenvalue weighted by Crippen LogP contribution is 2.23. The van der Waals surface area contributed by atoms with E-state index in [1.807, 2.05) is 0 Å². The van der Waals surface area contributed by atoms with Crippen LogP contribution in [0.1, 0.15) is 21.8 Å². The molecule has 46 valence electrons. The lowest BCUT2D eigenvalue weighted by atomic mass is 10.3. The van der Waals surface area contributed by atoms with Crippen molar-refractivity contribution in [2.45, 2.75) is 12.8 Å². The maximum atomic E-state index is 10.9. The molecule has 9 heavy (non-hydrogen) atoms. The minimum absolute atomic E-state index is 0.271. The molecular formula is C6H5NOS. The van der Waals surface area contributed by atoms with Crippen LogP contribution >= 0.6 is 11.3 Å². The Hall–Kier alpha value is -0.700. The zero-order valence-corrected chi connectivity index (χ0v) is 5.57. The summed E-state index contributed by atoms with van der Waals surface area (Å²) in [5.41, 5.74) is 2.74. The van der Waals surface area contributed by atoms with Gasteiger partial charge in [0.15, 0.2) is 5.78 Å². The zero-order chi connectivity index (χ0) is 6.27. The van der Waals surface area contributed by atoms with Gasteiger partial charge < -0.3 is 0 Å². The first kappa shape index (κ1) is 5.11. The van der Waals surface area contributed by atoms with Crippen LogP contribution in [0.5, 0.6) is 0 Å². The number of thiazole rings is 1. The van der Waals surface area contributed by atoms with Gasteiger partial charge in [0.1, 0.15) is 0 Å². The van der Waals surface area contributed by atoms with Crippen molar-refractivity contribution >= 4 is 17.1 Å². The lowest BCUT2D eigenvalue weighted by molar-refractivity contribution is 0.0998. The molecule has 0 fully saturated rings. The van der Waals surface area contributed by atoms with Crippen LogP contribution in [-0.2, 0) is 6.42 Å². The lowest BCUT2D eigenvalue weighted by Gasteiger charge is -1.77. The first-order chi connectivity index (χ1) is 4.38. The largest absolute Gasteiger partial charge is 0.293 e. The van der Waals surface area contributed by atoms with E-state index in [9.17, 15) is 4.79 Å². The van der Waals surface area contributed by atoms with E-state index < -0.39 is 0 Å². The Morgan fingerprint density at radius 2 is 2.44 bits per heavy atom. The van der Waals surface area contributed by atoms with Gasteiger partial charge >= 0.3 is 0 Å². The van der Waals surface area contributed by atoms with Crippen LogP contribution in [0.4, 0.5) is 0 Å². The number of aryl methyl sites for hydroxylation is 1. The van der Waals surface area contributed by atoms with Crippen LogP contribution in [0.3, 0.4) is 0 Å². The zero-order valence-electron chi connectivity index (χ0n) is 4.76. The molecule has 1 aromatic rings. The molecule has 0 spiro atoms. The summed E-state index contributed by atoms with van der Waals surface area (Å²) >= 11 is 1.46. The molecule has 0 aliphatic heterocycles. The summed E-state index contributed by atoms with van der Waals surface area (Å²) in [6, 6.07) is 0. The molecule has 2 nitrogen and oxygen atoms in total. The van der Waals surface area contributed by atoms with Crippen LogP contribution in [-0.4, -0.2) is 10.8 Å². The van der Waals surface area contributed by atoms with Gasteiger partial charge in [-0.05, 0) is 6.42 Å². The van der Waals surface area contributed by atoms with Crippen LogP contribution < -0.4 is 0 Å². The van der Waals surface area contributed by atoms with E-state index in [0.29, 0.717) is 6.42 Å². The second kappa shape index (κ2) is 1.64. The number of nitrogens with zero attached hydrogens (tertiary/aromatic N) is 1. The Bertz CT molecular complexity index is 253. The van der Waals surface area contributed by atoms with E-state index in [1.54, 1.807) is 5.51 Å². The smallest absolute Gasteiger partial charge is 0.175 e. The summed E-state index contributed by atoms with van der Waals surface area (Å²) in [5, 5.41) is 0. The van der Waals surface area contributed by atoms with Crippen molar-refractivity contribution in [3.8, 4) is 0 Å². The first-order valence-electron chi connectivity index (χ1n) is 2.83. The molecule has 1 aromatic heterocycles. The van der Waals surface area contributed by atoms with Crippen molar-refractivity contribution in [2.24, 2.45) is 0 Å². The van der Waals surface area contributed by atoms with Crippen LogP contribution in [0.25, 0.3) is 0 Å². The van der Waals surface area contributed by atoms with Crippen molar-refractivity contribution < 1.29 is 4.79 Å². The average molecular weight is 139 g/mol. The fourth-order valence-corrected chi connectivity index (χ4v) is 1.83. The standard InChI is InChI=1S/C6H5NOS/c8-5-2-1-4-6(5)9-3-7-4/h3H,1-2H2. The van der Waals surface area contributed by atoms with Crippen LogP contribution in [0.2, 0.25) is 0 Å². The Labute approximate surface area is 56.5 Å². The van der Waals surface area contributed by atoms with Crippen molar-refractivity contribution in [1.29, 1.82) is 0 Å². The predicted molar refractivity (Wildman–Crippen MR) is 34.8 cm³/mol. The van der Waals surface area contributed by atoms with Crippen molar-refractivity contribution in [2.75, 3.05) is 0 Å². The molecule has 1 heterocycles. The summed E-state index contributed by atoms with van der Waals surface area (Å²) in [7, 11) is 0. The summed E-state index contributed by atoms with van der Waals surface area (Å²) in [5.74, 6) is 0.271. The molecule has 2 rings (SSSR count). The Morgan fingerprint density at radius 3 is 3.22 bits per heavy atom. The van der Waals surface area contributed by atoms with Gasteiger partial charge in [-0.1, -0.05) is 0 Å². The molecule has 3 heteroatoms. The van der Waals surface area contributed by atoms with Gasteiger partial charge in [-0.15, -0.1) is 11.3 Å². The number of aromatic nitrogens is 1. The molecular weight excluding hydrogens is 134 g/mol. The second-order valence-electron chi connectivity index (χ2n) is 2.05. The molecule has 0 unspecified atom stereocenters. The van der Waals surface area contributed by atoms with E-state index in [2.05, 4.69) is 4.98 Å². The molecule has 0 bridgehead atoms. The minimum atomic E-state index is 0.271. The molecule has 0 radical (unpaired) electrons. The second-order valence-corrected chi connectivity index (χ2v) is 2.91. The van der Waals surface area contributed by atoms with Crippen molar-refractivity contribution in [3.05, 3.63) is 16.1 Å². The highest BCUT2D eigenvalue weighted by atomic mass is 32.1. The van der Waals surface area contributed by atoms with Crippen LogP contribution in [0.15, 0.2) is 5.51 Å². The van der Waals surface area contributed by atoms with Gasteiger partial charge in [0.25, 0.3) is 0 Å². The molecule has 0 saturated carbocycles.